The van der Waals surface area contributed by atoms with Crippen LogP contribution in [-0.2, 0) is 6.54 Å². The van der Waals surface area contributed by atoms with Gasteiger partial charge in [0.25, 0.3) is 0 Å². The van der Waals surface area contributed by atoms with Crippen LogP contribution in [0.5, 0.6) is 5.88 Å². The number of aliphatic imine (C=N–C) groups is 2. The molecule has 2 aliphatic rings. The van der Waals surface area contributed by atoms with E-state index >= 15 is 0 Å². The summed E-state index contributed by atoms with van der Waals surface area (Å²) in [6.07, 6.45) is 3.39. The summed E-state index contributed by atoms with van der Waals surface area (Å²) in [5, 5.41) is 3.84. The molecule has 0 aliphatic carbocycles. The number of benzene rings is 1. The minimum absolute atomic E-state index is 0.339. The molecule has 25 heavy (non-hydrogen) atoms. The highest BCUT2D eigenvalue weighted by molar-refractivity contribution is 6.49. The number of carbonyl (C=O) groups is 1. The number of pyridine rings is 1. The predicted octanol–water partition coefficient (Wildman–Crippen LogP) is 2.44. The van der Waals surface area contributed by atoms with Gasteiger partial charge >= 0.3 is 6.03 Å². The number of urea groups is 1. The molecule has 3 heterocycles. The molecule has 0 saturated carbocycles. The fourth-order valence-electron chi connectivity index (χ4n) is 2.69. The zero-order chi connectivity index (χ0) is 17.2. The fraction of sp³-hybridized carbons (Fsp3) is 0.111. The number of hydrogen-bond acceptors (Lipinski definition) is 5. The highest BCUT2D eigenvalue weighted by atomic mass is 16.5. The lowest BCUT2D eigenvalue weighted by Gasteiger charge is -2.28. The molecule has 0 atom stereocenters. The van der Waals surface area contributed by atoms with Crippen LogP contribution in [0, 0.1) is 0 Å². The molecule has 4 rings (SSSR count). The third-order valence-electron chi connectivity index (χ3n) is 3.88. The van der Waals surface area contributed by atoms with Crippen molar-refractivity contribution < 1.29 is 9.53 Å². The van der Waals surface area contributed by atoms with Crippen molar-refractivity contribution >= 4 is 23.4 Å². The number of rotatable bonds is 4. The van der Waals surface area contributed by atoms with Crippen LogP contribution >= 0.6 is 0 Å². The molecule has 123 valence electrons. The largest absolute Gasteiger partial charge is 0.481 e. The lowest BCUT2D eigenvalue weighted by molar-refractivity contribution is 0.253. The Balaban J connectivity index is 1.74. The molecule has 7 nitrogen and oxygen atoms in total. The molecule has 1 aromatic heterocycles. The molecule has 0 unspecified atom stereocenters. The number of aromatic nitrogens is 1. The molecule has 0 saturated heterocycles. The molecule has 0 spiro atoms. The topological polar surface area (TPSA) is 81.2 Å². The second-order valence-corrected chi connectivity index (χ2v) is 5.46. The summed E-state index contributed by atoms with van der Waals surface area (Å²) in [6, 6.07) is 13.1. The van der Waals surface area contributed by atoms with Crippen molar-refractivity contribution in [2.45, 2.75) is 6.54 Å². The van der Waals surface area contributed by atoms with Crippen LogP contribution in [0.4, 0.5) is 4.79 Å². The zero-order valence-corrected chi connectivity index (χ0v) is 13.5. The summed E-state index contributed by atoms with van der Waals surface area (Å²) in [4.78, 5) is 26.1. The molecule has 2 aliphatic heterocycles. The Morgan fingerprint density at radius 3 is 2.68 bits per heavy atom. The van der Waals surface area contributed by atoms with Crippen LogP contribution in [0.2, 0.25) is 0 Å². The normalized spacial score (nSPS) is 15.8. The van der Waals surface area contributed by atoms with Gasteiger partial charge in [-0.2, -0.15) is 10.3 Å². The number of carbonyl (C=O) groups excluding carboxylic acids is 1. The molecule has 1 aromatic carbocycles. The highest BCUT2D eigenvalue weighted by Gasteiger charge is 2.33. The minimum Gasteiger partial charge on any atom is -0.481 e. The summed E-state index contributed by atoms with van der Waals surface area (Å²) >= 11 is 0. The number of amides is 2. The Morgan fingerprint density at radius 2 is 1.96 bits per heavy atom. The van der Waals surface area contributed by atoms with Gasteiger partial charge in [0.05, 0.1) is 19.0 Å². The fourth-order valence-corrected chi connectivity index (χ4v) is 2.69. The van der Waals surface area contributed by atoms with Crippen molar-refractivity contribution in [3.8, 4) is 5.88 Å². The Bertz CT molecular complexity index is 901. The minimum atomic E-state index is -0.533. The van der Waals surface area contributed by atoms with E-state index in [4.69, 9.17) is 4.74 Å². The van der Waals surface area contributed by atoms with Gasteiger partial charge in [-0.1, -0.05) is 30.3 Å². The molecule has 0 fully saturated rings. The molecular weight excluding hydrogens is 318 g/mol. The van der Waals surface area contributed by atoms with E-state index < -0.39 is 6.03 Å². The van der Waals surface area contributed by atoms with Crippen LogP contribution < -0.4 is 10.1 Å². The van der Waals surface area contributed by atoms with E-state index in [0.717, 1.165) is 16.8 Å². The van der Waals surface area contributed by atoms with E-state index in [1.165, 1.54) is 0 Å². The molecule has 1 radical (unpaired) electrons. The van der Waals surface area contributed by atoms with E-state index in [9.17, 15) is 4.79 Å². The third kappa shape index (κ3) is 2.87. The summed E-state index contributed by atoms with van der Waals surface area (Å²) < 4.78 is 5.11. The van der Waals surface area contributed by atoms with Crippen molar-refractivity contribution in [2.24, 2.45) is 9.98 Å². The summed E-state index contributed by atoms with van der Waals surface area (Å²) in [5.41, 5.74) is 2.73. The molecular formula is C18H14N5O2. The number of methoxy groups -OCH3 is 1. The average molecular weight is 332 g/mol. The number of nitrogens with zero attached hydrogens (tertiary/aromatic N) is 5. The second kappa shape index (κ2) is 6.20. The van der Waals surface area contributed by atoms with Crippen molar-refractivity contribution in [2.75, 3.05) is 7.11 Å². The Kier molecular flexibility index (Phi) is 3.74. The summed E-state index contributed by atoms with van der Waals surface area (Å²) in [7, 11) is 1.57. The van der Waals surface area contributed by atoms with Gasteiger partial charge in [-0.3, -0.25) is 0 Å². The highest BCUT2D eigenvalue weighted by Crippen LogP contribution is 2.27. The predicted molar refractivity (Wildman–Crippen MR) is 93.2 cm³/mol. The van der Waals surface area contributed by atoms with Crippen molar-refractivity contribution in [3.63, 3.8) is 0 Å². The lowest BCUT2D eigenvalue weighted by Crippen LogP contribution is -2.37. The number of fused-ring (bicyclic) bond motifs is 1. The number of ether oxygens (including phenoxy) is 1. The quantitative estimate of drug-likeness (QED) is 0.861. The molecule has 0 bridgehead atoms. The third-order valence-corrected chi connectivity index (χ3v) is 3.88. The Morgan fingerprint density at radius 1 is 1.12 bits per heavy atom. The first-order chi connectivity index (χ1) is 12.2. The van der Waals surface area contributed by atoms with Gasteiger partial charge in [-0.25, -0.2) is 14.8 Å². The van der Waals surface area contributed by atoms with Crippen molar-refractivity contribution in [1.29, 1.82) is 0 Å². The lowest BCUT2D eigenvalue weighted by atomic mass is 10.1. The monoisotopic (exact) mass is 332 g/mol. The van der Waals surface area contributed by atoms with Gasteiger partial charge in [-0.15, -0.1) is 0 Å². The van der Waals surface area contributed by atoms with Gasteiger partial charge in [0.2, 0.25) is 11.7 Å². The van der Waals surface area contributed by atoms with Gasteiger partial charge in [-0.05, 0) is 11.6 Å². The van der Waals surface area contributed by atoms with Gasteiger partial charge in [0.15, 0.2) is 5.84 Å². The van der Waals surface area contributed by atoms with E-state index in [-0.39, 0.29) is 0 Å². The van der Waals surface area contributed by atoms with Crippen LogP contribution in [0.25, 0.3) is 5.70 Å². The number of amidine groups is 2. The van der Waals surface area contributed by atoms with E-state index in [1.807, 2.05) is 41.3 Å². The van der Waals surface area contributed by atoms with Crippen LogP contribution in [-0.4, -0.2) is 34.7 Å². The maximum Gasteiger partial charge on any atom is 0.371 e. The van der Waals surface area contributed by atoms with E-state index in [1.54, 1.807) is 25.6 Å². The van der Waals surface area contributed by atoms with Crippen LogP contribution in [0.1, 0.15) is 11.1 Å². The maximum atomic E-state index is 11.6. The number of hydrogen-bond donors (Lipinski definition) is 0. The standard InChI is InChI=1S/C18H14N5O2/c1-25-15-8-7-13(9-19-15)14-10-20-16-17(22-18(24)21-16)23(14)11-12-5-3-2-4-6-12/h2-10H,11H2,1H3. The summed E-state index contributed by atoms with van der Waals surface area (Å²) in [6.45, 7) is 0.541. The Hall–Kier alpha value is -3.48. The first kappa shape index (κ1) is 15.1. The van der Waals surface area contributed by atoms with E-state index in [0.29, 0.717) is 24.1 Å². The molecule has 7 heteroatoms. The van der Waals surface area contributed by atoms with Crippen molar-refractivity contribution in [3.05, 3.63) is 66.0 Å². The van der Waals surface area contributed by atoms with Crippen LogP contribution in [0.3, 0.4) is 0 Å². The zero-order valence-electron chi connectivity index (χ0n) is 13.5. The smallest absolute Gasteiger partial charge is 0.371 e. The van der Waals surface area contributed by atoms with Crippen molar-refractivity contribution in [1.82, 2.24) is 15.2 Å². The molecule has 2 amide bonds. The van der Waals surface area contributed by atoms with Gasteiger partial charge in [0.1, 0.15) is 0 Å². The first-order valence-corrected chi connectivity index (χ1v) is 7.69. The SMILES string of the molecule is COc1ccc(C2=CN=C3[N]C(=O)N=C3N2Cc2ccccc2)cn1. The second-order valence-electron chi connectivity index (χ2n) is 5.46. The van der Waals surface area contributed by atoms with Crippen LogP contribution in [0.15, 0.2) is 64.8 Å². The summed E-state index contributed by atoms with van der Waals surface area (Å²) in [5.74, 6) is 1.33. The first-order valence-electron chi connectivity index (χ1n) is 7.69. The Labute approximate surface area is 144 Å². The molecule has 2 aromatic rings. The average Bonchev–Trinajstić information content (AvgIpc) is 3.04. The maximum absolute atomic E-state index is 11.6. The van der Waals surface area contributed by atoms with Gasteiger partial charge in [0, 0.05) is 24.4 Å². The van der Waals surface area contributed by atoms with E-state index in [2.05, 4.69) is 20.3 Å². The van der Waals surface area contributed by atoms with Gasteiger partial charge < -0.3 is 9.64 Å². The molecule has 0 N–H and O–H groups in total.